The summed E-state index contributed by atoms with van der Waals surface area (Å²) in [7, 11) is 0. The molecule has 106 valence electrons. The van der Waals surface area contributed by atoms with Gasteiger partial charge in [-0.3, -0.25) is 4.90 Å². The molecule has 4 heteroatoms. The van der Waals surface area contributed by atoms with Crippen LogP contribution >= 0.6 is 0 Å². The summed E-state index contributed by atoms with van der Waals surface area (Å²) in [5.41, 5.74) is 7.82. The molecule has 20 heavy (non-hydrogen) atoms. The third kappa shape index (κ3) is 3.14. The molecule has 0 saturated carbocycles. The number of nitrogens with two attached hydrogens (primary N) is 1. The van der Waals surface area contributed by atoms with Crippen LogP contribution in [0.2, 0.25) is 0 Å². The summed E-state index contributed by atoms with van der Waals surface area (Å²) in [5.74, 6) is 1.07. The van der Waals surface area contributed by atoms with Gasteiger partial charge in [-0.15, -0.1) is 0 Å². The van der Waals surface area contributed by atoms with E-state index in [1.807, 2.05) is 24.3 Å². The molecule has 1 aromatic carbocycles. The van der Waals surface area contributed by atoms with Gasteiger partial charge in [0.15, 0.2) is 0 Å². The Hall–Kier alpha value is -1.94. The van der Waals surface area contributed by atoms with E-state index < -0.39 is 0 Å². The smallest absolute Gasteiger partial charge is 0.105 e. The molecule has 0 atom stereocenters. The van der Waals surface area contributed by atoms with E-state index in [1.165, 1.54) is 5.69 Å². The first-order valence-corrected chi connectivity index (χ1v) is 7.16. The highest BCUT2D eigenvalue weighted by Crippen LogP contribution is 2.18. The van der Waals surface area contributed by atoms with Crippen LogP contribution < -0.4 is 10.6 Å². The van der Waals surface area contributed by atoms with Gasteiger partial charge >= 0.3 is 0 Å². The van der Waals surface area contributed by atoms with Crippen molar-refractivity contribution in [3.05, 3.63) is 48.4 Å². The molecule has 0 spiro atoms. The van der Waals surface area contributed by atoms with E-state index in [9.17, 15) is 0 Å². The number of piperazine rings is 1. The SMILES string of the molecule is Nc1ccc(N2CCN(CCc3ccco3)CC2)cc1. The van der Waals surface area contributed by atoms with Gasteiger partial charge in [-0.25, -0.2) is 0 Å². The van der Waals surface area contributed by atoms with Crippen LogP contribution in [0.25, 0.3) is 0 Å². The van der Waals surface area contributed by atoms with Crippen molar-refractivity contribution in [1.29, 1.82) is 0 Å². The highest BCUT2D eigenvalue weighted by molar-refractivity contribution is 5.53. The van der Waals surface area contributed by atoms with Gasteiger partial charge in [-0.05, 0) is 36.4 Å². The molecule has 1 fully saturated rings. The Labute approximate surface area is 119 Å². The van der Waals surface area contributed by atoms with Crippen molar-refractivity contribution in [3.63, 3.8) is 0 Å². The largest absolute Gasteiger partial charge is 0.469 e. The van der Waals surface area contributed by atoms with Gasteiger partial charge in [0.1, 0.15) is 5.76 Å². The zero-order valence-electron chi connectivity index (χ0n) is 11.7. The fourth-order valence-corrected chi connectivity index (χ4v) is 2.64. The fraction of sp³-hybridized carbons (Fsp3) is 0.375. The number of anilines is 2. The predicted molar refractivity (Wildman–Crippen MR) is 81.9 cm³/mol. The topological polar surface area (TPSA) is 45.6 Å². The molecule has 0 amide bonds. The molecule has 0 radical (unpaired) electrons. The lowest BCUT2D eigenvalue weighted by Gasteiger charge is -2.36. The number of nitrogens with zero attached hydrogens (tertiary/aromatic N) is 2. The third-order valence-electron chi connectivity index (χ3n) is 3.89. The second-order valence-corrected chi connectivity index (χ2v) is 5.25. The molecule has 1 aliphatic rings. The van der Waals surface area contributed by atoms with Gasteiger partial charge in [0, 0.05) is 50.5 Å². The van der Waals surface area contributed by atoms with Gasteiger partial charge in [-0.1, -0.05) is 0 Å². The van der Waals surface area contributed by atoms with Gasteiger partial charge in [0.05, 0.1) is 6.26 Å². The Morgan fingerprint density at radius 3 is 2.40 bits per heavy atom. The maximum absolute atomic E-state index is 5.73. The Kier molecular flexibility index (Phi) is 3.92. The molecule has 2 heterocycles. The molecule has 4 nitrogen and oxygen atoms in total. The normalized spacial score (nSPS) is 16.5. The lowest BCUT2D eigenvalue weighted by atomic mass is 10.2. The van der Waals surface area contributed by atoms with E-state index in [-0.39, 0.29) is 0 Å². The molecular weight excluding hydrogens is 250 g/mol. The first kappa shape index (κ1) is 13.1. The van der Waals surface area contributed by atoms with Crippen molar-refractivity contribution in [1.82, 2.24) is 4.90 Å². The van der Waals surface area contributed by atoms with E-state index in [2.05, 4.69) is 21.9 Å². The maximum Gasteiger partial charge on any atom is 0.105 e. The summed E-state index contributed by atoms with van der Waals surface area (Å²) >= 11 is 0. The number of rotatable bonds is 4. The predicted octanol–water partition coefficient (Wildman–Crippen LogP) is 2.23. The van der Waals surface area contributed by atoms with Gasteiger partial charge in [-0.2, -0.15) is 0 Å². The second-order valence-electron chi connectivity index (χ2n) is 5.25. The molecule has 1 aromatic heterocycles. The molecule has 0 bridgehead atoms. The van der Waals surface area contributed by atoms with Crippen LogP contribution in [0.1, 0.15) is 5.76 Å². The Balaban J connectivity index is 1.48. The first-order chi connectivity index (χ1) is 9.81. The average Bonchev–Trinajstić information content (AvgIpc) is 3.00. The minimum absolute atomic E-state index is 0.825. The van der Waals surface area contributed by atoms with E-state index in [0.29, 0.717) is 0 Å². The van der Waals surface area contributed by atoms with E-state index in [1.54, 1.807) is 6.26 Å². The van der Waals surface area contributed by atoms with E-state index in [4.69, 9.17) is 10.2 Å². The molecule has 3 rings (SSSR count). The molecular formula is C16H21N3O. The molecule has 0 aliphatic carbocycles. The lowest BCUT2D eigenvalue weighted by molar-refractivity contribution is 0.255. The Bertz CT molecular complexity index is 513. The minimum atomic E-state index is 0.825. The monoisotopic (exact) mass is 271 g/mol. The van der Waals surface area contributed by atoms with Crippen LogP contribution in [-0.2, 0) is 6.42 Å². The number of furan rings is 1. The average molecular weight is 271 g/mol. The van der Waals surface area contributed by atoms with Crippen LogP contribution in [0.4, 0.5) is 11.4 Å². The number of hydrogen-bond acceptors (Lipinski definition) is 4. The van der Waals surface area contributed by atoms with Crippen LogP contribution in [0.15, 0.2) is 47.1 Å². The van der Waals surface area contributed by atoms with Gasteiger partial charge < -0.3 is 15.1 Å². The minimum Gasteiger partial charge on any atom is -0.469 e. The summed E-state index contributed by atoms with van der Waals surface area (Å²) in [6.07, 6.45) is 2.74. The quantitative estimate of drug-likeness (QED) is 0.866. The number of benzene rings is 1. The molecule has 2 N–H and O–H groups in total. The third-order valence-corrected chi connectivity index (χ3v) is 3.89. The van der Waals surface area contributed by atoms with Crippen LogP contribution in [0.5, 0.6) is 0 Å². The Morgan fingerprint density at radius 2 is 1.75 bits per heavy atom. The fourth-order valence-electron chi connectivity index (χ4n) is 2.64. The zero-order chi connectivity index (χ0) is 13.8. The van der Waals surface area contributed by atoms with Crippen LogP contribution in [-0.4, -0.2) is 37.6 Å². The molecule has 1 saturated heterocycles. The van der Waals surface area contributed by atoms with Gasteiger partial charge in [0.2, 0.25) is 0 Å². The molecule has 1 aliphatic heterocycles. The van der Waals surface area contributed by atoms with Crippen LogP contribution in [0, 0.1) is 0 Å². The van der Waals surface area contributed by atoms with Crippen molar-refractivity contribution in [2.75, 3.05) is 43.4 Å². The van der Waals surface area contributed by atoms with Crippen molar-refractivity contribution in [2.45, 2.75) is 6.42 Å². The van der Waals surface area contributed by atoms with Crippen molar-refractivity contribution in [2.24, 2.45) is 0 Å². The van der Waals surface area contributed by atoms with Crippen LogP contribution in [0.3, 0.4) is 0 Å². The second kappa shape index (κ2) is 6.01. The van der Waals surface area contributed by atoms with Crippen molar-refractivity contribution in [3.8, 4) is 0 Å². The summed E-state index contributed by atoms with van der Waals surface area (Å²) in [6.45, 7) is 5.42. The lowest BCUT2D eigenvalue weighted by Crippen LogP contribution is -2.46. The highest BCUT2D eigenvalue weighted by Gasteiger charge is 2.17. The van der Waals surface area contributed by atoms with Crippen molar-refractivity contribution < 1.29 is 4.42 Å². The van der Waals surface area contributed by atoms with Gasteiger partial charge in [0.25, 0.3) is 0 Å². The molecule has 0 unspecified atom stereocenters. The molecule has 2 aromatic rings. The van der Waals surface area contributed by atoms with E-state index >= 15 is 0 Å². The summed E-state index contributed by atoms with van der Waals surface area (Å²) in [6, 6.07) is 12.2. The summed E-state index contributed by atoms with van der Waals surface area (Å²) < 4.78 is 5.38. The summed E-state index contributed by atoms with van der Waals surface area (Å²) in [4.78, 5) is 4.92. The number of nitrogen functional groups attached to an aromatic ring is 1. The standard InChI is InChI=1S/C16H21N3O/c17-14-3-5-15(6-4-14)19-11-9-18(10-12-19)8-7-16-2-1-13-20-16/h1-6,13H,7-12,17H2. The maximum atomic E-state index is 5.73. The van der Waals surface area contributed by atoms with E-state index in [0.717, 1.165) is 50.6 Å². The number of hydrogen-bond donors (Lipinski definition) is 1. The van der Waals surface area contributed by atoms with Crippen molar-refractivity contribution >= 4 is 11.4 Å². The highest BCUT2D eigenvalue weighted by atomic mass is 16.3. The first-order valence-electron chi connectivity index (χ1n) is 7.16. The summed E-state index contributed by atoms with van der Waals surface area (Å²) in [5, 5.41) is 0. The zero-order valence-corrected chi connectivity index (χ0v) is 11.7. The Morgan fingerprint density at radius 1 is 1.00 bits per heavy atom.